The minimum absolute atomic E-state index is 0.0804. The van der Waals surface area contributed by atoms with Crippen molar-refractivity contribution in [3.63, 3.8) is 0 Å². The molecule has 0 unspecified atom stereocenters. The number of hydrogen-bond acceptors (Lipinski definition) is 2. The average Bonchev–Trinajstić information content (AvgIpc) is 2.75. The molecule has 1 aliphatic heterocycles. The smallest absolute Gasteiger partial charge is 0.230 e. The van der Waals surface area contributed by atoms with Crippen LogP contribution in [0.4, 0.5) is 5.69 Å². The zero-order valence-electron chi connectivity index (χ0n) is 7.49. The van der Waals surface area contributed by atoms with Crippen molar-refractivity contribution in [1.82, 2.24) is 4.98 Å². The number of hydrogen-bond donors (Lipinski definition) is 2. The van der Waals surface area contributed by atoms with Crippen LogP contribution in [-0.4, -0.2) is 10.9 Å². The highest BCUT2D eigenvalue weighted by molar-refractivity contribution is 7.07. The summed E-state index contributed by atoms with van der Waals surface area (Å²) in [5, 5.41) is 6.79. The van der Waals surface area contributed by atoms with Crippen LogP contribution in [0.5, 0.6) is 0 Å². The van der Waals surface area contributed by atoms with E-state index in [-0.39, 0.29) is 5.91 Å². The van der Waals surface area contributed by atoms with Crippen molar-refractivity contribution in [3.8, 4) is 0 Å². The molecule has 0 saturated carbocycles. The largest absolute Gasteiger partial charge is 0.363 e. The summed E-state index contributed by atoms with van der Waals surface area (Å²) in [4.78, 5) is 13.6. The standard InChI is InChI=1S/C6H6N2O.C4H4S/c9-6-3-5-4(8-6)1-2-7-5;1-2-4-5-3-1/h1-2,7H,3H2,(H,8,9);1-4H. The number of fused-ring (bicyclic) bond motifs is 1. The monoisotopic (exact) mass is 206 g/mol. The van der Waals surface area contributed by atoms with E-state index in [0.29, 0.717) is 6.42 Å². The Bertz CT molecular complexity index is 366. The number of carbonyl (C=O) groups excluding carboxylic acids is 1. The number of anilines is 1. The fourth-order valence-electron chi connectivity index (χ4n) is 1.25. The van der Waals surface area contributed by atoms with E-state index in [1.807, 2.05) is 35.2 Å². The molecular weight excluding hydrogens is 196 g/mol. The summed E-state index contributed by atoms with van der Waals surface area (Å²) < 4.78 is 0. The molecule has 0 bridgehead atoms. The first-order valence-electron chi connectivity index (χ1n) is 4.29. The van der Waals surface area contributed by atoms with Crippen LogP contribution >= 0.6 is 11.3 Å². The van der Waals surface area contributed by atoms with Gasteiger partial charge in [0.1, 0.15) is 0 Å². The van der Waals surface area contributed by atoms with Gasteiger partial charge in [0.2, 0.25) is 5.91 Å². The molecule has 2 aromatic heterocycles. The zero-order valence-corrected chi connectivity index (χ0v) is 8.30. The second-order valence-electron chi connectivity index (χ2n) is 2.89. The highest BCUT2D eigenvalue weighted by Crippen LogP contribution is 2.19. The zero-order chi connectivity index (χ0) is 9.80. The van der Waals surface area contributed by atoms with Gasteiger partial charge in [0.05, 0.1) is 12.1 Å². The van der Waals surface area contributed by atoms with Crippen LogP contribution in [0.3, 0.4) is 0 Å². The fourth-order valence-corrected chi connectivity index (χ4v) is 1.70. The molecule has 0 radical (unpaired) electrons. The highest BCUT2D eigenvalue weighted by Gasteiger charge is 2.16. The van der Waals surface area contributed by atoms with Crippen LogP contribution in [0.1, 0.15) is 5.69 Å². The van der Waals surface area contributed by atoms with Crippen LogP contribution in [0.15, 0.2) is 35.2 Å². The van der Waals surface area contributed by atoms with Crippen molar-refractivity contribution >= 4 is 22.9 Å². The van der Waals surface area contributed by atoms with Gasteiger partial charge >= 0.3 is 0 Å². The van der Waals surface area contributed by atoms with Gasteiger partial charge in [-0.1, -0.05) is 12.1 Å². The summed E-state index contributed by atoms with van der Waals surface area (Å²) in [6, 6.07) is 5.90. The number of carbonyl (C=O) groups is 1. The Morgan fingerprint density at radius 3 is 2.64 bits per heavy atom. The normalized spacial score (nSPS) is 12.7. The van der Waals surface area contributed by atoms with E-state index >= 15 is 0 Å². The van der Waals surface area contributed by atoms with Gasteiger partial charge < -0.3 is 10.3 Å². The number of rotatable bonds is 0. The van der Waals surface area contributed by atoms with Crippen LogP contribution < -0.4 is 5.32 Å². The molecule has 1 amide bonds. The third-order valence-corrected chi connectivity index (χ3v) is 2.50. The molecule has 2 N–H and O–H groups in total. The Balaban J connectivity index is 0.000000128. The summed E-state index contributed by atoms with van der Waals surface area (Å²) in [7, 11) is 0. The first kappa shape index (κ1) is 9.02. The van der Waals surface area contributed by atoms with Gasteiger partial charge in [-0.25, -0.2) is 0 Å². The Labute approximate surface area is 85.8 Å². The number of thiophene rings is 1. The summed E-state index contributed by atoms with van der Waals surface area (Å²) in [6.45, 7) is 0. The van der Waals surface area contributed by atoms with Gasteiger partial charge in [0, 0.05) is 11.9 Å². The Kier molecular flexibility index (Phi) is 2.65. The lowest BCUT2D eigenvalue weighted by Gasteiger charge is -1.85. The predicted octanol–water partition coefficient (Wildman–Crippen LogP) is 2.26. The van der Waals surface area contributed by atoms with Crippen molar-refractivity contribution in [1.29, 1.82) is 0 Å². The second-order valence-corrected chi connectivity index (χ2v) is 3.70. The highest BCUT2D eigenvalue weighted by atomic mass is 32.1. The summed E-state index contributed by atoms with van der Waals surface area (Å²) in [5.74, 6) is 0.0804. The van der Waals surface area contributed by atoms with E-state index in [0.717, 1.165) is 11.4 Å². The number of nitrogens with one attached hydrogen (secondary N) is 2. The Hall–Kier alpha value is -1.55. The summed E-state index contributed by atoms with van der Waals surface area (Å²) in [5.41, 5.74) is 1.93. The van der Waals surface area contributed by atoms with Gasteiger partial charge in [-0.05, 0) is 16.8 Å². The van der Waals surface area contributed by atoms with Crippen molar-refractivity contribution in [2.24, 2.45) is 0 Å². The molecule has 0 atom stereocenters. The molecule has 14 heavy (non-hydrogen) atoms. The van der Waals surface area contributed by atoms with Crippen molar-refractivity contribution in [3.05, 3.63) is 40.8 Å². The van der Waals surface area contributed by atoms with Crippen molar-refractivity contribution in [2.45, 2.75) is 6.42 Å². The molecule has 3 nitrogen and oxygen atoms in total. The fraction of sp³-hybridized carbons (Fsp3) is 0.100. The van der Waals surface area contributed by atoms with Gasteiger partial charge in [-0.3, -0.25) is 4.79 Å². The molecule has 3 heterocycles. The molecule has 2 aromatic rings. The van der Waals surface area contributed by atoms with Crippen molar-refractivity contribution < 1.29 is 4.79 Å². The Morgan fingerprint density at radius 2 is 2.07 bits per heavy atom. The number of aromatic nitrogens is 1. The molecule has 1 aliphatic rings. The van der Waals surface area contributed by atoms with E-state index in [4.69, 9.17) is 0 Å². The molecule has 0 saturated heterocycles. The van der Waals surface area contributed by atoms with Crippen LogP contribution in [0.2, 0.25) is 0 Å². The lowest BCUT2D eigenvalue weighted by Crippen LogP contribution is -2.04. The minimum Gasteiger partial charge on any atom is -0.363 e. The van der Waals surface area contributed by atoms with Crippen LogP contribution in [0, 0.1) is 0 Å². The number of amides is 1. The minimum atomic E-state index is 0.0804. The molecule has 0 spiro atoms. The molecule has 3 rings (SSSR count). The summed E-state index contributed by atoms with van der Waals surface area (Å²) in [6.07, 6.45) is 2.33. The predicted molar refractivity (Wildman–Crippen MR) is 57.4 cm³/mol. The lowest BCUT2D eigenvalue weighted by molar-refractivity contribution is -0.115. The molecule has 0 aliphatic carbocycles. The second kappa shape index (κ2) is 4.11. The molecular formula is C10H10N2OS. The maximum Gasteiger partial charge on any atom is 0.230 e. The van der Waals surface area contributed by atoms with Crippen LogP contribution in [-0.2, 0) is 11.2 Å². The SMILES string of the molecule is O=C1Cc2[nH]ccc2N1.c1ccsc1. The number of H-pyrrole nitrogens is 1. The van der Waals surface area contributed by atoms with Gasteiger partial charge in [-0.2, -0.15) is 11.3 Å². The first-order chi connectivity index (χ1) is 6.86. The maximum absolute atomic E-state index is 10.6. The van der Waals surface area contributed by atoms with Crippen molar-refractivity contribution in [2.75, 3.05) is 5.32 Å². The Morgan fingerprint density at radius 1 is 1.29 bits per heavy atom. The summed E-state index contributed by atoms with van der Waals surface area (Å²) >= 11 is 1.71. The molecule has 0 aromatic carbocycles. The molecule has 72 valence electrons. The van der Waals surface area contributed by atoms with Gasteiger partial charge in [0.15, 0.2) is 0 Å². The first-order valence-corrected chi connectivity index (χ1v) is 5.24. The van der Waals surface area contributed by atoms with Crippen LogP contribution in [0.25, 0.3) is 0 Å². The number of aromatic amines is 1. The quantitative estimate of drug-likeness (QED) is 0.682. The average molecular weight is 206 g/mol. The van der Waals surface area contributed by atoms with E-state index in [1.54, 1.807) is 11.3 Å². The van der Waals surface area contributed by atoms with E-state index in [1.165, 1.54) is 0 Å². The van der Waals surface area contributed by atoms with Gasteiger partial charge in [0.25, 0.3) is 0 Å². The lowest BCUT2D eigenvalue weighted by atomic mass is 10.3. The van der Waals surface area contributed by atoms with Gasteiger partial charge in [-0.15, -0.1) is 0 Å². The van der Waals surface area contributed by atoms with E-state index in [9.17, 15) is 4.79 Å². The third-order valence-electron chi connectivity index (χ3n) is 1.87. The van der Waals surface area contributed by atoms with E-state index < -0.39 is 0 Å². The topological polar surface area (TPSA) is 44.9 Å². The maximum atomic E-state index is 10.6. The molecule has 0 fully saturated rings. The molecule has 4 heteroatoms. The van der Waals surface area contributed by atoms with E-state index in [2.05, 4.69) is 10.3 Å². The third kappa shape index (κ3) is 2.03.